The Bertz CT molecular complexity index is 1130. The van der Waals surface area contributed by atoms with Crippen molar-refractivity contribution in [1.82, 2.24) is 9.80 Å². The Morgan fingerprint density at radius 1 is 1.00 bits per heavy atom. The molecule has 1 aromatic carbocycles. The van der Waals surface area contributed by atoms with Gasteiger partial charge in [-0.05, 0) is 49.4 Å². The average Bonchev–Trinajstić information content (AvgIpc) is 3.69. The van der Waals surface area contributed by atoms with Crippen LogP contribution in [0.1, 0.15) is 30.6 Å². The van der Waals surface area contributed by atoms with Gasteiger partial charge in [-0.1, -0.05) is 24.3 Å². The predicted octanol–water partition coefficient (Wildman–Crippen LogP) is 3.21. The Labute approximate surface area is 232 Å². The largest absolute Gasteiger partial charge is 0.478 e. The van der Waals surface area contributed by atoms with Crippen molar-refractivity contribution in [2.75, 3.05) is 51.5 Å². The molecule has 1 aromatic heterocycles. The highest BCUT2D eigenvalue weighted by atomic mass is 32.1. The van der Waals surface area contributed by atoms with Crippen molar-refractivity contribution in [1.29, 1.82) is 0 Å². The minimum Gasteiger partial charge on any atom is -0.478 e. The summed E-state index contributed by atoms with van der Waals surface area (Å²) in [7, 11) is 1.92. The summed E-state index contributed by atoms with van der Waals surface area (Å²) in [6.07, 6.45) is 4.74. The van der Waals surface area contributed by atoms with Crippen LogP contribution in [0, 0.1) is 0 Å². The first-order valence-electron chi connectivity index (χ1n) is 13.0. The number of aliphatic carboxylic acids is 2. The number of carbonyl (C=O) groups excluding carboxylic acids is 1. The molecule has 0 unspecified atom stereocenters. The van der Waals surface area contributed by atoms with Crippen LogP contribution in [0.15, 0.2) is 60.0 Å². The average molecular weight is 558 g/mol. The highest BCUT2D eigenvalue weighted by Gasteiger charge is 2.52. The molecular formula is C28H35N3O7S. The minimum absolute atomic E-state index is 0.264. The lowest BCUT2D eigenvalue weighted by Crippen LogP contribution is -2.56. The predicted molar refractivity (Wildman–Crippen MR) is 147 cm³/mol. The number of hydrogen-bond acceptors (Lipinski definition) is 8. The van der Waals surface area contributed by atoms with E-state index >= 15 is 0 Å². The summed E-state index contributed by atoms with van der Waals surface area (Å²) in [4.78, 5) is 40.1. The summed E-state index contributed by atoms with van der Waals surface area (Å²) in [6.45, 7) is 4.88. The number of para-hydroxylation sites is 1. The maximum absolute atomic E-state index is 13.2. The number of nitrogens with zero attached hydrogens (tertiary/aromatic N) is 3. The molecule has 5 rings (SSSR count). The molecule has 0 radical (unpaired) electrons. The standard InChI is InChI=1S/C24H31N3O3S.C4H4O4/c1-25-19-27(20-7-3-2-4-8-20)23(22(25)28)11-14-26(15-12-23)13-6-10-24(29-16-17-30-24)21-9-5-18-31-21;5-3(6)1-2-4(7)8/h2-5,7-9,18H,6,10-17,19H2,1H3;1-2H,(H,5,6)(H,7,8)/b;2-1+. The minimum atomic E-state index is -1.26. The van der Waals surface area contributed by atoms with E-state index in [1.165, 1.54) is 4.88 Å². The molecule has 4 heterocycles. The van der Waals surface area contributed by atoms with Gasteiger partial charge in [0, 0.05) is 44.4 Å². The summed E-state index contributed by atoms with van der Waals surface area (Å²) in [5.41, 5.74) is 0.740. The van der Waals surface area contributed by atoms with Crippen LogP contribution in [-0.2, 0) is 29.6 Å². The van der Waals surface area contributed by atoms with Crippen LogP contribution >= 0.6 is 11.3 Å². The van der Waals surface area contributed by atoms with Crippen molar-refractivity contribution in [2.24, 2.45) is 0 Å². The molecule has 1 amide bonds. The number of carbonyl (C=O) groups is 3. The van der Waals surface area contributed by atoms with Gasteiger partial charge < -0.3 is 34.4 Å². The van der Waals surface area contributed by atoms with Crippen LogP contribution in [0.4, 0.5) is 5.69 Å². The zero-order valence-electron chi connectivity index (χ0n) is 22.0. The van der Waals surface area contributed by atoms with Gasteiger partial charge in [0.1, 0.15) is 5.54 Å². The second-order valence-electron chi connectivity index (χ2n) is 9.82. The molecule has 0 saturated carbocycles. The monoisotopic (exact) mass is 557 g/mol. The van der Waals surface area contributed by atoms with Crippen LogP contribution in [0.25, 0.3) is 0 Å². The summed E-state index contributed by atoms with van der Waals surface area (Å²) in [5, 5.41) is 17.7. The second-order valence-corrected chi connectivity index (χ2v) is 10.8. The SMILES string of the molecule is CN1CN(c2ccccc2)C2(CCN(CCCC3(c4cccs4)OCCO3)CC2)C1=O.O=C(O)/C=C/C(=O)O. The molecule has 0 aliphatic carbocycles. The molecule has 3 fully saturated rings. The highest BCUT2D eigenvalue weighted by molar-refractivity contribution is 7.10. The fourth-order valence-electron chi connectivity index (χ4n) is 5.49. The Kier molecular flexibility index (Phi) is 9.39. The molecule has 11 heteroatoms. The fraction of sp³-hybridized carbons (Fsp3) is 0.464. The van der Waals surface area contributed by atoms with E-state index in [4.69, 9.17) is 19.7 Å². The van der Waals surface area contributed by atoms with E-state index < -0.39 is 23.3 Å². The van der Waals surface area contributed by atoms with Crippen molar-refractivity contribution < 1.29 is 34.1 Å². The number of carboxylic acid groups (broad SMARTS) is 2. The van der Waals surface area contributed by atoms with Crippen LogP contribution in [0.3, 0.4) is 0 Å². The molecule has 210 valence electrons. The molecule has 2 aromatic rings. The Morgan fingerprint density at radius 2 is 1.64 bits per heavy atom. The van der Waals surface area contributed by atoms with Gasteiger partial charge in [-0.2, -0.15) is 0 Å². The highest BCUT2D eigenvalue weighted by Crippen LogP contribution is 2.40. The normalized spacial score (nSPS) is 20.4. The zero-order chi connectivity index (χ0) is 27.9. The fourth-order valence-corrected chi connectivity index (χ4v) is 6.35. The third kappa shape index (κ3) is 6.67. The van der Waals surface area contributed by atoms with Crippen LogP contribution in [0.2, 0.25) is 0 Å². The molecule has 39 heavy (non-hydrogen) atoms. The van der Waals surface area contributed by atoms with Gasteiger partial charge in [0.25, 0.3) is 0 Å². The van der Waals surface area contributed by atoms with Gasteiger partial charge in [-0.15, -0.1) is 11.3 Å². The number of thiophene rings is 1. The number of rotatable bonds is 8. The lowest BCUT2D eigenvalue weighted by atomic mass is 9.85. The topological polar surface area (TPSA) is 120 Å². The first-order chi connectivity index (χ1) is 18.8. The lowest BCUT2D eigenvalue weighted by Gasteiger charge is -2.43. The molecule has 2 N–H and O–H groups in total. The molecule has 0 bridgehead atoms. The van der Waals surface area contributed by atoms with Crippen molar-refractivity contribution in [3.8, 4) is 0 Å². The van der Waals surface area contributed by atoms with Crippen molar-refractivity contribution in [3.05, 3.63) is 64.9 Å². The first kappa shape index (κ1) is 28.8. The van der Waals surface area contributed by atoms with Gasteiger partial charge in [0.2, 0.25) is 11.7 Å². The molecule has 3 aliphatic rings. The van der Waals surface area contributed by atoms with E-state index in [-0.39, 0.29) is 5.91 Å². The quantitative estimate of drug-likeness (QED) is 0.472. The van der Waals surface area contributed by atoms with Crippen molar-refractivity contribution in [3.63, 3.8) is 0 Å². The number of piperidine rings is 1. The molecule has 3 saturated heterocycles. The maximum Gasteiger partial charge on any atom is 0.328 e. The number of benzene rings is 1. The van der Waals surface area contributed by atoms with E-state index in [0.29, 0.717) is 32.0 Å². The van der Waals surface area contributed by atoms with Gasteiger partial charge >= 0.3 is 11.9 Å². The smallest absolute Gasteiger partial charge is 0.328 e. The van der Waals surface area contributed by atoms with Gasteiger partial charge in [-0.3, -0.25) is 4.79 Å². The summed E-state index contributed by atoms with van der Waals surface area (Å²) < 4.78 is 12.1. The number of hydrogen-bond donors (Lipinski definition) is 2. The zero-order valence-corrected chi connectivity index (χ0v) is 22.8. The van der Waals surface area contributed by atoms with Crippen molar-refractivity contribution >= 4 is 34.9 Å². The number of amides is 1. The third-order valence-electron chi connectivity index (χ3n) is 7.37. The van der Waals surface area contributed by atoms with E-state index in [9.17, 15) is 14.4 Å². The summed E-state index contributed by atoms with van der Waals surface area (Å²) in [6, 6.07) is 14.5. The molecule has 0 atom stereocenters. The van der Waals surface area contributed by atoms with Gasteiger partial charge in [0.05, 0.1) is 24.8 Å². The third-order valence-corrected chi connectivity index (χ3v) is 8.36. The number of ether oxygens (including phenoxy) is 2. The number of likely N-dealkylation sites (N-methyl/N-ethyl adjacent to an activating group) is 1. The Hall–Kier alpha value is -3.25. The lowest BCUT2D eigenvalue weighted by molar-refractivity contribution is -0.169. The van der Waals surface area contributed by atoms with E-state index in [1.54, 1.807) is 11.3 Å². The summed E-state index contributed by atoms with van der Waals surface area (Å²) in [5.74, 6) is -2.81. The summed E-state index contributed by atoms with van der Waals surface area (Å²) >= 11 is 1.70. The van der Waals surface area contributed by atoms with Crippen LogP contribution < -0.4 is 4.90 Å². The van der Waals surface area contributed by atoms with Crippen LogP contribution in [-0.4, -0.2) is 90.0 Å². The van der Waals surface area contributed by atoms with Crippen molar-refractivity contribution in [2.45, 2.75) is 37.0 Å². The molecule has 1 spiro atoms. The van der Waals surface area contributed by atoms with Gasteiger partial charge in [-0.25, -0.2) is 9.59 Å². The van der Waals surface area contributed by atoms with E-state index in [0.717, 1.165) is 51.0 Å². The first-order valence-corrected chi connectivity index (χ1v) is 13.9. The maximum atomic E-state index is 13.2. The second kappa shape index (κ2) is 12.7. The molecule has 3 aliphatic heterocycles. The Morgan fingerprint density at radius 3 is 2.21 bits per heavy atom. The van der Waals surface area contributed by atoms with E-state index in [2.05, 4.69) is 51.6 Å². The Balaban J connectivity index is 0.000000386. The molecular weight excluding hydrogens is 522 g/mol. The van der Waals surface area contributed by atoms with Crippen LogP contribution in [0.5, 0.6) is 0 Å². The van der Waals surface area contributed by atoms with E-state index in [1.807, 2.05) is 18.0 Å². The number of anilines is 1. The number of likely N-dealkylation sites (tertiary alicyclic amines) is 1. The number of carboxylic acids is 2. The molecule has 10 nitrogen and oxygen atoms in total. The van der Waals surface area contributed by atoms with Gasteiger partial charge in [0.15, 0.2) is 0 Å².